The van der Waals surface area contributed by atoms with Crippen molar-refractivity contribution < 1.29 is 13.2 Å². The van der Waals surface area contributed by atoms with Crippen LogP contribution in [0.15, 0.2) is 23.1 Å². The lowest BCUT2D eigenvalue weighted by Crippen LogP contribution is -2.31. The van der Waals surface area contributed by atoms with Gasteiger partial charge in [-0.3, -0.25) is 0 Å². The molecule has 108 valence electrons. The minimum absolute atomic E-state index is 0.0592. The lowest BCUT2D eigenvalue weighted by Gasteiger charge is -2.19. The molecule has 0 aliphatic rings. The number of rotatable bonds is 6. The third-order valence-corrected chi connectivity index (χ3v) is 4.68. The number of hydrogen-bond acceptors (Lipinski definition) is 4. The molecule has 0 heterocycles. The summed E-state index contributed by atoms with van der Waals surface area (Å²) < 4.78 is 31.1. The SMILES string of the molecule is CC(C)OCCN(C)S(=O)(=O)c1ccc(Cl)cc1N. The van der Waals surface area contributed by atoms with Gasteiger partial charge >= 0.3 is 0 Å². The molecule has 19 heavy (non-hydrogen) atoms. The highest BCUT2D eigenvalue weighted by Crippen LogP contribution is 2.24. The minimum Gasteiger partial charge on any atom is -0.398 e. The molecule has 7 heteroatoms. The molecule has 0 spiro atoms. The molecule has 0 saturated heterocycles. The van der Waals surface area contributed by atoms with Crippen LogP contribution in [0.2, 0.25) is 5.02 Å². The summed E-state index contributed by atoms with van der Waals surface area (Å²) in [6.07, 6.45) is 0.0664. The zero-order valence-electron chi connectivity index (χ0n) is 11.3. The van der Waals surface area contributed by atoms with Crippen LogP contribution in [-0.2, 0) is 14.8 Å². The van der Waals surface area contributed by atoms with Crippen LogP contribution >= 0.6 is 11.6 Å². The summed E-state index contributed by atoms with van der Waals surface area (Å²) in [5.74, 6) is 0. The molecule has 0 saturated carbocycles. The van der Waals surface area contributed by atoms with Crippen molar-refractivity contribution in [1.82, 2.24) is 4.31 Å². The summed E-state index contributed by atoms with van der Waals surface area (Å²) in [7, 11) is -2.12. The first kappa shape index (κ1) is 16.2. The Morgan fingerprint density at radius 2 is 2.05 bits per heavy atom. The Labute approximate surface area is 119 Å². The van der Waals surface area contributed by atoms with Crippen LogP contribution < -0.4 is 5.73 Å². The molecular weight excluding hydrogens is 288 g/mol. The van der Waals surface area contributed by atoms with Crippen molar-refractivity contribution in [2.75, 3.05) is 25.9 Å². The number of anilines is 1. The average molecular weight is 307 g/mol. The molecule has 5 nitrogen and oxygen atoms in total. The molecule has 2 N–H and O–H groups in total. The predicted molar refractivity (Wildman–Crippen MR) is 76.8 cm³/mol. The van der Waals surface area contributed by atoms with Gasteiger partial charge in [-0.25, -0.2) is 8.42 Å². The van der Waals surface area contributed by atoms with Crippen LogP contribution in [0.4, 0.5) is 5.69 Å². The monoisotopic (exact) mass is 306 g/mol. The van der Waals surface area contributed by atoms with Gasteiger partial charge in [0.25, 0.3) is 0 Å². The first-order valence-corrected chi connectivity index (χ1v) is 7.70. The Bertz CT molecular complexity index is 532. The van der Waals surface area contributed by atoms with E-state index < -0.39 is 10.0 Å². The number of hydrogen-bond donors (Lipinski definition) is 1. The molecule has 0 atom stereocenters. The maximum Gasteiger partial charge on any atom is 0.244 e. The molecule has 0 aliphatic carbocycles. The van der Waals surface area contributed by atoms with E-state index in [1.807, 2.05) is 13.8 Å². The zero-order chi connectivity index (χ0) is 14.6. The zero-order valence-corrected chi connectivity index (χ0v) is 12.8. The first-order valence-electron chi connectivity index (χ1n) is 5.88. The van der Waals surface area contributed by atoms with Gasteiger partial charge in [-0.2, -0.15) is 4.31 Å². The van der Waals surface area contributed by atoms with E-state index in [-0.39, 0.29) is 23.2 Å². The van der Waals surface area contributed by atoms with Crippen LogP contribution in [0.5, 0.6) is 0 Å². The third kappa shape index (κ3) is 4.35. The highest BCUT2D eigenvalue weighted by Gasteiger charge is 2.23. The van der Waals surface area contributed by atoms with Gasteiger partial charge in [0.05, 0.1) is 18.4 Å². The van der Waals surface area contributed by atoms with Crippen LogP contribution in [0.1, 0.15) is 13.8 Å². The van der Waals surface area contributed by atoms with Crippen LogP contribution in [0.3, 0.4) is 0 Å². The molecule has 0 aliphatic heterocycles. The van der Waals surface area contributed by atoms with E-state index in [0.29, 0.717) is 11.6 Å². The third-order valence-electron chi connectivity index (χ3n) is 2.52. The standard InChI is InChI=1S/C12H19ClN2O3S/c1-9(2)18-7-6-15(3)19(16,17)12-5-4-10(13)8-11(12)14/h4-5,8-9H,6-7,14H2,1-3H3. The molecule has 0 bridgehead atoms. The summed E-state index contributed by atoms with van der Waals surface area (Å²) >= 11 is 5.76. The van der Waals surface area contributed by atoms with Gasteiger partial charge in [0.15, 0.2) is 0 Å². The van der Waals surface area contributed by atoms with Gasteiger partial charge in [-0.05, 0) is 32.0 Å². The lowest BCUT2D eigenvalue weighted by atomic mass is 10.3. The fraction of sp³-hybridized carbons (Fsp3) is 0.500. The predicted octanol–water partition coefficient (Wildman–Crippen LogP) is 1.97. The number of sulfonamides is 1. The molecule has 1 aromatic carbocycles. The second-order valence-electron chi connectivity index (χ2n) is 4.43. The summed E-state index contributed by atoms with van der Waals surface area (Å²) in [5, 5.41) is 0.405. The van der Waals surface area contributed by atoms with E-state index in [2.05, 4.69) is 0 Å². The maximum atomic E-state index is 12.3. The fourth-order valence-corrected chi connectivity index (χ4v) is 2.89. The number of nitrogen functional groups attached to an aromatic ring is 1. The van der Waals surface area contributed by atoms with Crippen molar-refractivity contribution in [2.24, 2.45) is 0 Å². The second-order valence-corrected chi connectivity index (χ2v) is 6.88. The van der Waals surface area contributed by atoms with E-state index in [1.165, 1.54) is 29.6 Å². The number of nitrogens with two attached hydrogens (primary N) is 1. The summed E-state index contributed by atoms with van der Waals surface area (Å²) in [5.41, 5.74) is 5.84. The topological polar surface area (TPSA) is 72.6 Å². The van der Waals surface area contributed by atoms with E-state index >= 15 is 0 Å². The van der Waals surface area contributed by atoms with Crippen molar-refractivity contribution in [3.63, 3.8) is 0 Å². The van der Waals surface area contributed by atoms with Crippen molar-refractivity contribution in [3.8, 4) is 0 Å². The van der Waals surface area contributed by atoms with Crippen LogP contribution in [-0.4, -0.2) is 39.0 Å². The Kier molecular flexibility index (Phi) is 5.61. The Morgan fingerprint density at radius 1 is 1.42 bits per heavy atom. The smallest absolute Gasteiger partial charge is 0.244 e. The minimum atomic E-state index is -3.61. The van der Waals surface area contributed by atoms with Crippen LogP contribution in [0.25, 0.3) is 0 Å². The number of likely N-dealkylation sites (N-methyl/N-ethyl adjacent to an activating group) is 1. The number of benzene rings is 1. The number of nitrogens with zero attached hydrogens (tertiary/aromatic N) is 1. The molecule has 0 fully saturated rings. The second kappa shape index (κ2) is 6.56. The molecule has 1 aromatic rings. The molecule has 0 amide bonds. The van der Waals surface area contributed by atoms with Gasteiger partial charge in [0.2, 0.25) is 10.0 Å². The van der Waals surface area contributed by atoms with E-state index in [9.17, 15) is 8.42 Å². The maximum absolute atomic E-state index is 12.3. The number of ether oxygens (including phenoxy) is 1. The summed E-state index contributed by atoms with van der Waals surface area (Å²) in [6, 6.07) is 4.34. The summed E-state index contributed by atoms with van der Waals surface area (Å²) in [6.45, 7) is 4.39. The average Bonchev–Trinajstić information content (AvgIpc) is 2.27. The molecule has 0 aromatic heterocycles. The van der Waals surface area contributed by atoms with E-state index in [4.69, 9.17) is 22.1 Å². The van der Waals surface area contributed by atoms with Gasteiger partial charge < -0.3 is 10.5 Å². The van der Waals surface area contributed by atoms with Crippen molar-refractivity contribution in [1.29, 1.82) is 0 Å². The summed E-state index contributed by atoms with van der Waals surface area (Å²) in [4.78, 5) is 0.0592. The van der Waals surface area contributed by atoms with E-state index in [1.54, 1.807) is 0 Å². The van der Waals surface area contributed by atoms with Crippen molar-refractivity contribution >= 4 is 27.3 Å². The Morgan fingerprint density at radius 3 is 2.58 bits per heavy atom. The normalized spacial score (nSPS) is 12.3. The van der Waals surface area contributed by atoms with Gasteiger partial charge in [0.1, 0.15) is 4.90 Å². The largest absolute Gasteiger partial charge is 0.398 e. The Hall–Kier alpha value is -0.820. The molecule has 0 radical (unpaired) electrons. The van der Waals surface area contributed by atoms with E-state index in [0.717, 1.165) is 0 Å². The quantitative estimate of drug-likeness (QED) is 0.816. The lowest BCUT2D eigenvalue weighted by molar-refractivity contribution is 0.0737. The highest BCUT2D eigenvalue weighted by atomic mass is 35.5. The Balaban J connectivity index is 2.85. The molecule has 1 rings (SSSR count). The molecular formula is C12H19ClN2O3S. The molecule has 0 unspecified atom stereocenters. The van der Waals surface area contributed by atoms with Crippen molar-refractivity contribution in [3.05, 3.63) is 23.2 Å². The fourth-order valence-electron chi connectivity index (χ4n) is 1.46. The van der Waals surface area contributed by atoms with Crippen molar-refractivity contribution in [2.45, 2.75) is 24.8 Å². The highest BCUT2D eigenvalue weighted by molar-refractivity contribution is 7.89. The van der Waals surface area contributed by atoms with Crippen LogP contribution in [0, 0.1) is 0 Å². The van der Waals surface area contributed by atoms with Gasteiger partial charge in [-0.1, -0.05) is 11.6 Å². The van der Waals surface area contributed by atoms with Gasteiger partial charge in [-0.15, -0.1) is 0 Å². The first-order chi connectivity index (χ1) is 8.75. The van der Waals surface area contributed by atoms with Gasteiger partial charge in [0, 0.05) is 18.6 Å². The number of halogens is 1.